The quantitative estimate of drug-likeness (QED) is 0.427. The van der Waals surface area contributed by atoms with Gasteiger partial charge in [-0.25, -0.2) is 0 Å². The average Bonchev–Trinajstić information content (AvgIpc) is 2.43. The third kappa shape index (κ3) is 1.54. The molecule has 0 atom stereocenters. The van der Waals surface area contributed by atoms with Gasteiger partial charge in [0.2, 0.25) is 0 Å². The van der Waals surface area contributed by atoms with Crippen molar-refractivity contribution >= 4 is 37.5 Å². The van der Waals surface area contributed by atoms with Crippen LogP contribution in [0.1, 0.15) is 5.56 Å². The van der Waals surface area contributed by atoms with Crippen LogP contribution in [0.4, 0.5) is 0 Å². The second-order valence-electron chi connectivity index (χ2n) is 3.98. The topological polar surface area (TPSA) is 27.4 Å². The molecular weight excluding hydrogens is 290 g/mol. The largest absolute Gasteiger partial charge is 0.498 e. The number of benzene rings is 3. The molecule has 0 aliphatic carbocycles. The van der Waals surface area contributed by atoms with Crippen molar-refractivity contribution in [2.75, 3.05) is 0 Å². The lowest BCUT2D eigenvalue weighted by atomic mass is 9.98. The van der Waals surface area contributed by atoms with Crippen LogP contribution in [0.3, 0.4) is 0 Å². The highest BCUT2D eigenvalue weighted by Gasteiger charge is 2.13. The smallest absolute Gasteiger partial charge is 0.337 e. The molecule has 3 heteroatoms. The summed E-state index contributed by atoms with van der Waals surface area (Å²) in [6, 6.07) is 18.4. The van der Waals surface area contributed by atoms with Gasteiger partial charge in [-0.1, -0.05) is 48.5 Å². The second kappa shape index (κ2) is 4.32. The second-order valence-corrected chi connectivity index (χ2v) is 4.78. The molecule has 0 heterocycles. The lowest BCUT2D eigenvalue weighted by molar-refractivity contribution is 1.71. The molecule has 0 saturated heterocycles. The Hall–Kier alpha value is -2.05. The van der Waals surface area contributed by atoms with E-state index in [4.69, 9.17) is 0 Å². The molecule has 0 unspecified atom stereocenters. The molecule has 0 aliphatic heterocycles. The van der Waals surface area contributed by atoms with Gasteiger partial charge < -0.3 is 5.21 Å². The van der Waals surface area contributed by atoms with Gasteiger partial charge in [0.05, 0.1) is 0 Å². The minimum absolute atomic E-state index is 0.749. The molecule has 0 N–H and O–H groups in total. The summed E-state index contributed by atoms with van der Waals surface area (Å²) < 4.78 is 1.03. The minimum atomic E-state index is 0.749. The number of nitrogens with zero attached hydrogens (tertiary/aromatic N) is 1. The summed E-state index contributed by atoms with van der Waals surface area (Å²) in [7, 11) is 0. The molecule has 0 radical (unpaired) electrons. The molecule has 0 aromatic heterocycles. The van der Waals surface area contributed by atoms with Crippen molar-refractivity contribution < 1.29 is 0 Å². The molecule has 0 fully saturated rings. The van der Waals surface area contributed by atoms with Crippen molar-refractivity contribution in [1.29, 1.82) is 0 Å². The number of rotatable bonds is 0. The lowest BCUT2D eigenvalue weighted by Gasteiger charge is -2.07. The predicted molar refractivity (Wildman–Crippen MR) is 78.9 cm³/mol. The van der Waals surface area contributed by atoms with Gasteiger partial charge in [-0.05, 0) is 26.7 Å². The molecule has 3 rings (SSSR count). The first-order valence-electron chi connectivity index (χ1n) is 5.50. The Balaban J connectivity index is 2.65. The Morgan fingerprint density at radius 3 is 1.72 bits per heavy atom. The summed E-state index contributed by atoms with van der Waals surface area (Å²) in [4.78, 5) is 0. The van der Waals surface area contributed by atoms with Gasteiger partial charge in [0.15, 0.2) is 0 Å². The van der Waals surface area contributed by atoms with Crippen LogP contribution in [0.5, 0.6) is 0 Å². The first-order valence-corrected chi connectivity index (χ1v) is 6.29. The standard InChI is InChI=1S/C15H8BrNO/c16-15-12-7-3-1-5-10(12)14(9-17-18)11-6-2-4-8-13(11)15/h1-8H. The average molecular weight is 298 g/mol. The molecule has 2 nitrogen and oxygen atoms in total. The van der Waals surface area contributed by atoms with Crippen LogP contribution >= 0.6 is 15.9 Å². The molecule has 0 saturated carbocycles. The van der Waals surface area contributed by atoms with Gasteiger partial charge in [0.25, 0.3) is 0 Å². The summed E-state index contributed by atoms with van der Waals surface area (Å²) >= 11 is 3.63. The van der Waals surface area contributed by atoms with Gasteiger partial charge in [0.1, 0.15) is 5.56 Å². The highest BCUT2D eigenvalue weighted by Crippen LogP contribution is 2.35. The molecule has 0 spiro atoms. The van der Waals surface area contributed by atoms with Gasteiger partial charge in [-0.15, -0.1) is 0 Å². The molecule has 0 amide bonds. The Morgan fingerprint density at radius 2 is 1.28 bits per heavy atom. The number of hydrogen-bond acceptors (Lipinski definition) is 1. The maximum Gasteiger partial charge on any atom is 0.337 e. The van der Waals surface area contributed by atoms with Crippen LogP contribution < -0.4 is 0 Å². The van der Waals surface area contributed by atoms with Gasteiger partial charge in [0, 0.05) is 20.3 Å². The Bertz CT molecular complexity index is 758. The monoisotopic (exact) mass is 297 g/mol. The highest BCUT2D eigenvalue weighted by molar-refractivity contribution is 9.10. The van der Waals surface area contributed by atoms with Gasteiger partial charge in [-0.2, -0.15) is 0 Å². The minimum Gasteiger partial charge on any atom is -0.498 e. The number of halogens is 1. The van der Waals surface area contributed by atoms with Crippen molar-refractivity contribution in [2.45, 2.75) is 0 Å². The van der Waals surface area contributed by atoms with Crippen LogP contribution in [0.2, 0.25) is 0 Å². The van der Waals surface area contributed by atoms with E-state index in [1.54, 1.807) is 0 Å². The van der Waals surface area contributed by atoms with E-state index >= 15 is 0 Å². The Kier molecular flexibility index (Phi) is 2.66. The third-order valence-electron chi connectivity index (χ3n) is 3.02. The van der Waals surface area contributed by atoms with Crippen LogP contribution in [-0.4, -0.2) is 0 Å². The van der Waals surface area contributed by atoms with Crippen LogP contribution in [0, 0.1) is 11.3 Å². The van der Waals surface area contributed by atoms with Crippen LogP contribution in [0.15, 0.2) is 53.0 Å². The SMILES string of the molecule is [O-][N+]#Cc1c2ccccc2c(Br)c2ccccc12. The van der Waals surface area contributed by atoms with Crippen molar-refractivity contribution in [3.63, 3.8) is 0 Å². The highest BCUT2D eigenvalue weighted by atomic mass is 79.9. The fourth-order valence-electron chi connectivity index (χ4n) is 2.24. The first kappa shape index (κ1) is 11.1. The summed E-state index contributed by atoms with van der Waals surface area (Å²) in [5.41, 5.74) is 0.749. The Morgan fingerprint density at radius 1 is 0.833 bits per heavy atom. The van der Waals surface area contributed by atoms with E-state index in [1.165, 1.54) is 0 Å². The van der Waals surface area contributed by atoms with E-state index in [9.17, 15) is 5.21 Å². The molecule has 86 valence electrons. The number of hydrogen-bond donors (Lipinski definition) is 0. The molecule has 0 bridgehead atoms. The van der Waals surface area contributed by atoms with Crippen LogP contribution in [-0.2, 0) is 0 Å². The fourth-order valence-corrected chi connectivity index (χ4v) is 2.93. The van der Waals surface area contributed by atoms with E-state index in [0.717, 1.165) is 31.6 Å². The Labute approximate surface area is 112 Å². The van der Waals surface area contributed by atoms with E-state index in [-0.39, 0.29) is 0 Å². The van der Waals surface area contributed by atoms with E-state index in [2.05, 4.69) is 27.0 Å². The van der Waals surface area contributed by atoms with Gasteiger partial charge in [-0.3, -0.25) is 0 Å². The fraction of sp³-hybridized carbons (Fsp3) is 0. The maximum atomic E-state index is 10.6. The maximum absolute atomic E-state index is 10.6. The summed E-state index contributed by atoms with van der Waals surface area (Å²) in [5.74, 6) is 0. The zero-order valence-corrected chi connectivity index (χ0v) is 10.9. The third-order valence-corrected chi connectivity index (χ3v) is 3.88. The van der Waals surface area contributed by atoms with Crippen molar-refractivity contribution in [2.24, 2.45) is 0 Å². The van der Waals surface area contributed by atoms with E-state index < -0.39 is 0 Å². The molecule has 3 aromatic carbocycles. The zero-order valence-electron chi connectivity index (χ0n) is 9.35. The van der Waals surface area contributed by atoms with Gasteiger partial charge >= 0.3 is 6.07 Å². The van der Waals surface area contributed by atoms with Crippen LogP contribution in [0.25, 0.3) is 26.6 Å². The first-order chi connectivity index (χ1) is 8.83. The van der Waals surface area contributed by atoms with Crippen molar-refractivity contribution in [3.05, 3.63) is 68.8 Å². The molecule has 3 aromatic rings. The van der Waals surface area contributed by atoms with Crippen molar-refractivity contribution in [1.82, 2.24) is 0 Å². The molecular formula is C15H8BrNO. The molecule has 18 heavy (non-hydrogen) atoms. The predicted octanol–water partition coefficient (Wildman–Crippen LogP) is 4.93. The normalized spacial score (nSPS) is 10.3. The van der Waals surface area contributed by atoms with Crippen molar-refractivity contribution in [3.8, 4) is 6.07 Å². The van der Waals surface area contributed by atoms with E-state index in [1.807, 2.05) is 48.5 Å². The summed E-state index contributed by atoms with van der Waals surface area (Å²) in [6.45, 7) is 0. The zero-order chi connectivity index (χ0) is 12.5. The summed E-state index contributed by atoms with van der Waals surface area (Å²) in [5, 5.41) is 17.5. The molecule has 0 aliphatic rings. The van der Waals surface area contributed by atoms with E-state index in [0.29, 0.717) is 0 Å². The summed E-state index contributed by atoms with van der Waals surface area (Å²) in [6.07, 6.45) is 0. The number of fused-ring (bicyclic) bond motifs is 2. The lowest BCUT2D eigenvalue weighted by Crippen LogP contribution is -1.86.